The van der Waals surface area contributed by atoms with E-state index < -0.39 is 16.5 Å². The summed E-state index contributed by atoms with van der Waals surface area (Å²) in [5.41, 5.74) is -0.184. The number of carboxylic acids is 1. The molecule has 1 aromatic heterocycles. The number of nitro groups is 1. The average Bonchev–Trinajstić information content (AvgIpc) is 2.91. The van der Waals surface area contributed by atoms with Gasteiger partial charge in [-0.2, -0.15) is 0 Å². The fourth-order valence-corrected chi connectivity index (χ4v) is 2.51. The second-order valence-electron chi connectivity index (χ2n) is 5.64. The summed E-state index contributed by atoms with van der Waals surface area (Å²) in [7, 11) is 0. The van der Waals surface area contributed by atoms with Crippen LogP contribution in [-0.2, 0) is 0 Å². The number of nitrogens with one attached hydrogen (secondary N) is 1. The lowest BCUT2D eigenvalue weighted by Gasteiger charge is -2.01. The third-order valence-corrected chi connectivity index (χ3v) is 3.90. The molecule has 2 aromatic carbocycles. The van der Waals surface area contributed by atoms with E-state index >= 15 is 0 Å². The van der Waals surface area contributed by atoms with Crippen LogP contribution in [0.3, 0.4) is 0 Å². The van der Waals surface area contributed by atoms with Crippen molar-refractivity contribution in [3.05, 3.63) is 84.6 Å². The van der Waals surface area contributed by atoms with E-state index in [4.69, 9.17) is 5.11 Å². The Morgan fingerprint density at radius 3 is 2.48 bits per heavy atom. The van der Waals surface area contributed by atoms with Crippen LogP contribution in [0.5, 0.6) is 5.75 Å². The first kappa shape index (κ1) is 17.7. The average molecular weight is 367 g/mol. The number of phenolic OH excluding ortho intramolecular Hbond substituents is 1. The summed E-state index contributed by atoms with van der Waals surface area (Å²) < 4.78 is 1.16. The first-order valence-corrected chi connectivity index (χ1v) is 7.61. The lowest BCUT2D eigenvalue weighted by Crippen LogP contribution is -2.34. The monoisotopic (exact) mass is 367 g/mol. The number of rotatable bonds is 4. The number of nitrogens with zero attached hydrogens (tertiary/aromatic N) is 2. The van der Waals surface area contributed by atoms with Crippen LogP contribution in [-0.4, -0.2) is 30.9 Å². The molecule has 27 heavy (non-hydrogen) atoms. The summed E-state index contributed by atoms with van der Waals surface area (Å²) in [5.74, 6) is -1.31. The maximum absolute atomic E-state index is 12.7. The zero-order valence-corrected chi connectivity index (χ0v) is 13.7. The van der Waals surface area contributed by atoms with Gasteiger partial charge in [0.2, 0.25) is 0 Å². The molecule has 3 N–H and O–H groups in total. The molecular formula is C18H13N3O6. The summed E-state index contributed by atoms with van der Waals surface area (Å²) in [6.45, 7) is 3.74. The maximum atomic E-state index is 12.7. The molecule has 1 heterocycles. The number of aromatic hydroxyl groups is 1. The number of benzene rings is 2. The van der Waals surface area contributed by atoms with E-state index in [0.717, 1.165) is 16.8 Å². The van der Waals surface area contributed by atoms with E-state index in [0.29, 0.717) is 5.69 Å². The van der Waals surface area contributed by atoms with Crippen molar-refractivity contribution in [2.75, 3.05) is 0 Å². The normalized spacial score (nSPS) is 11.5. The number of phenols is 1. The van der Waals surface area contributed by atoms with Crippen molar-refractivity contribution in [1.29, 1.82) is 0 Å². The van der Waals surface area contributed by atoms with Crippen molar-refractivity contribution in [2.45, 2.75) is 0 Å². The first-order valence-electron chi connectivity index (χ1n) is 7.61. The minimum absolute atomic E-state index is 0.0708. The van der Waals surface area contributed by atoms with Crippen LogP contribution in [0.15, 0.2) is 47.3 Å². The van der Waals surface area contributed by atoms with E-state index in [1.807, 2.05) is 0 Å². The standard InChI is InChI=1S/C18H13N3O6/c1-10-15(9-12-8-14(21(26)27)6-7-16(12)22)17(23)20(19-10)13-4-2-11(3-5-13)18(24)25/h2-9,19,22H,1H2,(H,24,25)/b15-9-. The Bertz CT molecular complexity index is 1220. The predicted molar refractivity (Wildman–Crippen MR) is 96.4 cm³/mol. The van der Waals surface area contributed by atoms with Gasteiger partial charge in [-0.3, -0.25) is 20.0 Å². The second kappa shape index (κ2) is 6.64. The van der Waals surface area contributed by atoms with E-state index in [9.17, 15) is 24.8 Å². The van der Waals surface area contributed by atoms with Gasteiger partial charge in [0.25, 0.3) is 11.2 Å². The van der Waals surface area contributed by atoms with Gasteiger partial charge in [-0.25, -0.2) is 9.48 Å². The Kier molecular flexibility index (Phi) is 4.34. The van der Waals surface area contributed by atoms with Crippen LogP contribution in [0.2, 0.25) is 0 Å². The van der Waals surface area contributed by atoms with Crippen LogP contribution in [0.1, 0.15) is 15.9 Å². The number of nitro benzene ring substituents is 1. The minimum Gasteiger partial charge on any atom is -0.507 e. The second-order valence-corrected chi connectivity index (χ2v) is 5.64. The Morgan fingerprint density at radius 1 is 1.22 bits per heavy atom. The number of carboxylic acid groups (broad SMARTS) is 1. The molecule has 0 spiro atoms. The van der Waals surface area contributed by atoms with Crippen LogP contribution in [0.4, 0.5) is 5.69 Å². The molecule has 0 atom stereocenters. The van der Waals surface area contributed by atoms with Crippen LogP contribution < -0.4 is 16.1 Å². The summed E-state index contributed by atoms with van der Waals surface area (Å²) >= 11 is 0. The smallest absolute Gasteiger partial charge is 0.335 e. The molecule has 3 rings (SSSR count). The summed E-state index contributed by atoms with van der Waals surface area (Å²) in [5, 5.41) is 32.8. The molecule has 9 heteroatoms. The van der Waals surface area contributed by atoms with Crippen molar-refractivity contribution in [2.24, 2.45) is 0 Å². The molecule has 0 aliphatic heterocycles. The topological polar surface area (TPSA) is 138 Å². The van der Waals surface area contributed by atoms with Crippen molar-refractivity contribution in [3.8, 4) is 11.4 Å². The van der Waals surface area contributed by atoms with Crippen LogP contribution in [0.25, 0.3) is 18.3 Å². The molecular weight excluding hydrogens is 354 g/mol. The van der Waals surface area contributed by atoms with Gasteiger partial charge >= 0.3 is 5.97 Å². The number of aromatic nitrogens is 2. The highest BCUT2D eigenvalue weighted by Crippen LogP contribution is 2.23. The molecule has 0 aliphatic carbocycles. The number of H-pyrrole nitrogens is 1. The Morgan fingerprint density at radius 2 is 1.89 bits per heavy atom. The largest absolute Gasteiger partial charge is 0.507 e. The van der Waals surface area contributed by atoms with Crippen LogP contribution >= 0.6 is 0 Å². The Balaban J connectivity index is 2.15. The minimum atomic E-state index is -1.09. The van der Waals surface area contributed by atoms with Crippen LogP contribution in [0, 0.1) is 10.1 Å². The van der Waals surface area contributed by atoms with Gasteiger partial charge in [0.05, 0.1) is 26.7 Å². The lowest BCUT2D eigenvalue weighted by atomic mass is 10.1. The molecule has 3 aromatic rings. The summed E-state index contributed by atoms with van der Waals surface area (Å²) in [6.07, 6.45) is 1.30. The summed E-state index contributed by atoms with van der Waals surface area (Å²) in [6, 6.07) is 9.07. The predicted octanol–water partition coefficient (Wildman–Crippen LogP) is 0.717. The molecule has 0 fully saturated rings. The van der Waals surface area contributed by atoms with Gasteiger partial charge in [-0.1, -0.05) is 6.58 Å². The molecule has 0 unspecified atom stereocenters. The molecule has 0 saturated heterocycles. The molecule has 9 nitrogen and oxygen atoms in total. The zero-order chi connectivity index (χ0) is 19.7. The number of carbonyl (C=O) groups is 1. The number of non-ortho nitro benzene ring substituents is 1. The van der Waals surface area contributed by atoms with Gasteiger partial charge < -0.3 is 10.2 Å². The van der Waals surface area contributed by atoms with Gasteiger partial charge in [-0.15, -0.1) is 0 Å². The molecule has 0 bridgehead atoms. The quantitative estimate of drug-likeness (QED) is 0.459. The number of aromatic carboxylic acids is 1. The number of aromatic amines is 1. The molecule has 0 aliphatic rings. The summed E-state index contributed by atoms with van der Waals surface area (Å²) in [4.78, 5) is 33.9. The molecule has 0 radical (unpaired) electrons. The van der Waals surface area contributed by atoms with Crippen molar-refractivity contribution >= 4 is 24.3 Å². The zero-order valence-electron chi connectivity index (χ0n) is 13.7. The first-order chi connectivity index (χ1) is 12.8. The Hall–Kier alpha value is -4.14. The van der Waals surface area contributed by atoms with E-state index in [1.54, 1.807) is 0 Å². The maximum Gasteiger partial charge on any atom is 0.335 e. The third-order valence-electron chi connectivity index (χ3n) is 3.90. The molecule has 0 saturated carbocycles. The van der Waals surface area contributed by atoms with E-state index in [-0.39, 0.29) is 33.1 Å². The van der Waals surface area contributed by atoms with Crippen molar-refractivity contribution < 1.29 is 19.9 Å². The van der Waals surface area contributed by atoms with Gasteiger partial charge in [0, 0.05) is 17.7 Å². The van der Waals surface area contributed by atoms with Gasteiger partial charge in [0.15, 0.2) is 0 Å². The van der Waals surface area contributed by atoms with Crippen molar-refractivity contribution in [1.82, 2.24) is 9.78 Å². The fourth-order valence-electron chi connectivity index (χ4n) is 2.51. The SMILES string of the molecule is C=c1[nH]n(-c2ccc(C(=O)O)cc2)c(=O)/c1=C\c1cc([N+](=O)[O-])ccc1O. The van der Waals surface area contributed by atoms with E-state index in [1.165, 1.54) is 36.4 Å². The lowest BCUT2D eigenvalue weighted by molar-refractivity contribution is -0.384. The molecule has 0 amide bonds. The number of hydrogen-bond donors (Lipinski definition) is 3. The van der Waals surface area contributed by atoms with Crippen molar-refractivity contribution in [3.63, 3.8) is 0 Å². The van der Waals surface area contributed by atoms with E-state index in [2.05, 4.69) is 11.7 Å². The highest BCUT2D eigenvalue weighted by atomic mass is 16.6. The van der Waals surface area contributed by atoms with Gasteiger partial charge in [-0.05, 0) is 36.4 Å². The number of hydrogen-bond acceptors (Lipinski definition) is 5. The Labute approximate surface area is 150 Å². The van der Waals surface area contributed by atoms with Gasteiger partial charge in [0.1, 0.15) is 5.75 Å². The third kappa shape index (κ3) is 3.33. The highest BCUT2D eigenvalue weighted by Gasteiger charge is 2.11. The molecule has 136 valence electrons. The highest BCUT2D eigenvalue weighted by molar-refractivity contribution is 5.87. The fraction of sp³-hybridized carbons (Fsp3) is 0.